The fourth-order valence-electron chi connectivity index (χ4n) is 3.30. The predicted molar refractivity (Wildman–Crippen MR) is 90.4 cm³/mol. The quantitative estimate of drug-likeness (QED) is 0.653. The van der Waals surface area contributed by atoms with Gasteiger partial charge in [-0.2, -0.15) is 0 Å². The number of hydrogen-bond donors (Lipinski definition) is 1. The number of nitrogens with one attached hydrogen (secondary N) is 1. The topological polar surface area (TPSA) is 73.9 Å². The van der Waals surface area contributed by atoms with Crippen LogP contribution >= 0.6 is 11.6 Å². The smallest absolute Gasteiger partial charge is 0.366 e. The van der Waals surface area contributed by atoms with Gasteiger partial charge in [-0.1, -0.05) is 37.1 Å². The van der Waals surface area contributed by atoms with Gasteiger partial charge in [0.15, 0.2) is 0 Å². The van der Waals surface area contributed by atoms with Crippen LogP contribution in [0.25, 0.3) is 0 Å². The summed E-state index contributed by atoms with van der Waals surface area (Å²) in [4.78, 5) is 34.1. The Morgan fingerprint density at radius 1 is 1.24 bits per heavy atom. The fourth-order valence-corrected chi connectivity index (χ4v) is 3.50. The molecule has 2 heterocycles. The van der Waals surface area contributed by atoms with Gasteiger partial charge in [-0.05, 0) is 31.4 Å². The van der Waals surface area contributed by atoms with Crippen molar-refractivity contribution in [2.24, 2.45) is 0 Å². The maximum absolute atomic E-state index is 12.2. The van der Waals surface area contributed by atoms with E-state index in [1.165, 1.54) is 0 Å². The van der Waals surface area contributed by atoms with E-state index in [4.69, 9.17) is 26.1 Å². The number of ether oxygens (including phenoxy) is 1. The Kier molecular flexibility index (Phi) is 5.42. The number of esters is 1. The molecule has 2 aliphatic heterocycles. The minimum absolute atomic E-state index is 0.282. The molecule has 1 aromatic rings. The zero-order valence-corrected chi connectivity index (χ0v) is 14.6. The minimum Gasteiger partial charge on any atom is -0.420 e. The zero-order chi connectivity index (χ0) is 17.9. The molecule has 0 bridgehead atoms. The first-order valence-corrected chi connectivity index (χ1v) is 8.74. The highest BCUT2D eigenvalue weighted by Gasteiger charge is 2.51. The second-order valence-corrected chi connectivity index (χ2v) is 6.64. The molecule has 0 saturated carbocycles. The Morgan fingerprint density at radius 2 is 2.04 bits per heavy atom. The Labute approximate surface area is 151 Å². The summed E-state index contributed by atoms with van der Waals surface area (Å²) in [6.07, 6.45) is 5.63. The molecule has 0 aromatic heterocycles. The third-order valence-electron chi connectivity index (χ3n) is 4.42. The fraction of sp³-hybridized carbons (Fsp3) is 0.444. The molecule has 1 N–H and O–H groups in total. The van der Waals surface area contributed by atoms with Crippen LogP contribution in [0.5, 0.6) is 0 Å². The third-order valence-corrected chi connectivity index (χ3v) is 4.65. The lowest BCUT2D eigenvalue weighted by Gasteiger charge is -2.36. The highest BCUT2D eigenvalue weighted by Crippen LogP contribution is 2.39. The first-order chi connectivity index (χ1) is 12.0. The van der Waals surface area contributed by atoms with Crippen LogP contribution in [0.4, 0.5) is 0 Å². The summed E-state index contributed by atoms with van der Waals surface area (Å²) >= 11 is 6.11. The molecule has 134 valence electrons. The molecule has 6 nitrogen and oxygen atoms in total. The van der Waals surface area contributed by atoms with Crippen LogP contribution in [-0.4, -0.2) is 24.0 Å². The lowest BCUT2D eigenvalue weighted by atomic mass is 9.96. The Bertz CT molecular complexity index is 692. The summed E-state index contributed by atoms with van der Waals surface area (Å²) in [5, 5.41) is 3.90. The van der Waals surface area contributed by atoms with Crippen LogP contribution in [0.2, 0.25) is 5.02 Å². The molecular formula is C18H20ClNO5. The Hall–Kier alpha value is -1.89. The lowest BCUT2D eigenvalue weighted by molar-refractivity contribution is -0.407. The number of cyclic esters (lactones) is 1. The molecule has 0 amide bonds. The molecule has 0 unspecified atom stereocenters. The lowest BCUT2D eigenvalue weighted by Crippen LogP contribution is -2.52. The highest BCUT2D eigenvalue weighted by molar-refractivity contribution is 6.30. The first-order valence-electron chi connectivity index (χ1n) is 8.36. The highest BCUT2D eigenvalue weighted by atomic mass is 35.5. The van der Waals surface area contributed by atoms with Crippen molar-refractivity contribution in [1.82, 2.24) is 5.32 Å². The Morgan fingerprint density at radius 3 is 2.80 bits per heavy atom. The average Bonchev–Trinajstić information content (AvgIpc) is 3.05. The van der Waals surface area contributed by atoms with E-state index in [-0.39, 0.29) is 12.1 Å². The van der Waals surface area contributed by atoms with E-state index in [0.717, 1.165) is 31.4 Å². The molecule has 1 aromatic carbocycles. The molecule has 3 rings (SSSR count). The summed E-state index contributed by atoms with van der Waals surface area (Å²) in [6, 6.07) is 6.72. The zero-order valence-electron chi connectivity index (χ0n) is 13.9. The number of carbonyl (C=O) groups is 2. The summed E-state index contributed by atoms with van der Waals surface area (Å²) in [5.74, 6) is -3.05. The maximum Gasteiger partial charge on any atom is 0.366 e. The largest absolute Gasteiger partial charge is 0.420 e. The second-order valence-electron chi connectivity index (χ2n) is 6.20. The van der Waals surface area contributed by atoms with Crippen molar-refractivity contribution in [3.63, 3.8) is 0 Å². The van der Waals surface area contributed by atoms with Gasteiger partial charge >= 0.3 is 11.9 Å². The van der Waals surface area contributed by atoms with Gasteiger partial charge in [-0.15, -0.1) is 4.89 Å². The van der Waals surface area contributed by atoms with Crippen molar-refractivity contribution in [2.45, 2.75) is 50.5 Å². The second kappa shape index (κ2) is 7.56. The number of halogens is 1. The van der Waals surface area contributed by atoms with Crippen molar-refractivity contribution in [1.29, 1.82) is 0 Å². The minimum atomic E-state index is -1.59. The predicted octanol–water partition coefficient (Wildman–Crippen LogP) is 3.00. The van der Waals surface area contributed by atoms with Crippen LogP contribution in [0.15, 0.2) is 36.4 Å². The van der Waals surface area contributed by atoms with Crippen molar-refractivity contribution in [3.8, 4) is 0 Å². The number of carbonyl (C=O) groups excluding carboxylic acids is 2. The van der Waals surface area contributed by atoms with E-state index >= 15 is 0 Å². The molecule has 1 fully saturated rings. The van der Waals surface area contributed by atoms with Crippen LogP contribution in [0.1, 0.15) is 38.2 Å². The van der Waals surface area contributed by atoms with Crippen LogP contribution in [0, 0.1) is 0 Å². The van der Waals surface area contributed by atoms with Crippen LogP contribution in [-0.2, 0) is 29.9 Å². The van der Waals surface area contributed by atoms with Gasteiger partial charge in [-0.3, -0.25) is 4.89 Å². The van der Waals surface area contributed by atoms with E-state index in [9.17, 15) is 9.59 Å². The number of benzene rings is 1. The van der Waals surface area contributed by atoms with Crippen molar-refractivity contribution >= 4 is 23.5 Å². The Balaban J connectivity index is 2.00. The monoisotopic (exact) mass is 365 g/mol. The van der Waals surface area contributed by atoms with Crippen LogP contribution < -0.4 is 5.32 Å². The molecule has 1 saturated heterocycles. The van der Waals surface area contributed by atoms with Gasteiger partial charge in [0, 0.05) is 28.8 Å². The van der Waals surface area contributed by atoms with E-state index < -0.39 is 17.7 Å². The van der Waals surface area contributed by atoms with Gasteiger partial charge in [0.1, 0.15) is 0 Å². The molecule has 0 spiro atoms. The van der Waals surface area contributed by atoms with E-state index in [0.29, 0.717) is 17.0 Å². The molecular weight excluding hydrogens is 346 g/mol. The van der Waals surface area contributed by atoms with Crippen molar-refractivity contribution in [2.75, 3.05) is 0 Å². The number of hydrogen-bond acceptors (Lipinski definition) is 6. The molecule has 0 aliphatic carbocycles. The number of rotatable bonds is 4. The van der Waals surface area contributed by atoms with Gasteiger partial charge in [0.25, 0.3) is 5.79 Å². The first kappa shape index (κ1) is 17.9. The van der Waals surface area contributed by atoms with E-state index in [2.05, 4.69) is 12.2 Å². The maximum atomic E-state index is 12.2. The van der Waals surface area contributed by atoms with Gasteiger partial charge < -0.3 is 10.1 Å². The standard InChI is InChI=1S/C18H20ClNO5/c1-2-4-14-7-8-15(20-14)18(12-5-3-6-13(19)11-12)23-16(21)9-10-17(22)24-25-18/h3,5-6,9-11,14-15,20H,2,4,7-8H2,1H3/b10-9-/t14-,15-,18-/m1/s1. The normalized spacial score (nSPS) is 31.0. The average molecular weight is 366 g/mol. The third kappa shape index (κ3) is 3.86. The van der Waals surface area contributed by atoms with Crippen molar-refractivity contribution in [3.05, 3.63) is 47.0 Å². The van der Waals surface area contributed by atoms with Gasteiger partial charge in [0.2, 0.25) is 0 Å². The molecule has 2 aliphatic rings. The molecule has 7 heteroatoms. The summed E-state index contributed by atoms with van der Waals surface area (Å²) in [5.41, 5.74) is 0.506. The molecule has 25 heavy (non-hydrogen) atoms. The van der Waals surface area contributed by atoms with Gasteiger partial charge in [-0.25, -0.2) is 9.59 Å². The SMILES string of the molecule is CCC[C@@H]1CC[C@H]([C@@]2(c3cccc(Cl)c3)OOC(=O)/C=C\C(=O)O2)N1. The molecule has 3 atom stereocenters. The van der Waals surface area contributed by atoms with Gasteiger partial charge in [0.05, 0.1) is 6.04 Å². The van der Waals surface area contributed by atoms with Crippen molar-refractivity contribution < 1.29 is 24.1 Å². The van der Waals surface area contributed by atoms with Crippen LogP contribution in [0.3, 0.4) is 0 Å². The summed E-state index contributed by atoms with van der Waals surface area (Å²) < 4.78 is 5.63. The van der Waals surface area contributed by atoms with E-state index in [1.807, 2.05) is 0 Å². The molecule has 0 radical (unpaired) electrons. The summed E-state index contributed by atoms with van der Waals surface area (Å²) in [6.45, 7) is 2.11. The van der Waals surface area contributed by atoms with E-state index in [1.54, 1.807) is 24.3 Å². The summed E-state index contributed by atoms with van der Waals surface area (Å²) in [7, 11) is 0.